The summed E-state index contributed by atoms with van der Waals surface area (Å²) in [6, 6.07) is 10.9. The van der Waals surface area contributed by atoms with Gasteiger partial charge in [0.15, 0.2) is 0 Å². The second kappa shape index (κ2) is 8.71. The van der Waals surface area contributed by atoms with E-state index in [1.807, 2.05) is 0 Å². The van der Waals surface area contributed by atoms with Gasteiger partial charge < -0.3 is 4.74 Å². The van der Waals surface area contributed by atoms with Crippen LogP contribution >= 0.6 is 23.4 Å². The fourth-order valence-electron chi connectivity index (χ4n) is 1.98. The molecule has 0 unspecified atom stereocenters. The van der Waals surface area contributed by atoms with Crippen LogP contribution in [-0.2, 0) is 15.8 Å². The highest BCUT2D eigenvalue weighted by Gasteiger charge is 2.19. The molecule has 2 aromatic carbocycles. The Morgan fingerprint density at radius 2 is 2.00 bits per heavy atom. The molecular formula is C16H17ClFNO3S2. The fourth-order valence-corrected chi connectivity index (χ4v) is 4.42. The lowest BCUT2D eigenvalue weighted by Crippen LogP contribution is -2.26. The third kappa shape index (κ3) is 5.11. The lowest BCUT2D eigenvalue weighted by atomic mass is 10.2. The Bertz CT molecular complexity index is 800. The Morgan fingerprint density at radius 3 is 2.71 bits per heavy atom. The molecular weight excluding hydrogens is 373 g/mol. The van der Waals surface area contributed by atoms with Gasteiger partial charge in [-0.25, -0.2) is 17.5 Å². The maximum atomic E-state index is 13.5. The zero-order valence-corrected chi connectivity index (χ0v) is 15.3. The Balaban J connectivity index is 1.90. The highest BCUT2D eigenvalue weighted by molar-refractivity contribution is 7.98. The van der Waals surface area contributed by atoms with Gasteiger partial charge in [0.25, 0.3) is 0 Å². The Hall–Kier alpha value is -1.28. The first-order chi connectivity index (χ1) is 11.4. The van der Waals surface area contributed by atoms with E-state index >= 15 is 0 Å². The Labute approximate surface area is 150 Å². The molecule has 0 heterocycles. The van der Waals surface area contributed by atoms with E-state index in [-0.39, 0.29) is 23.0 Å². The number of halogens is 2. The Kier molecular flexibility index (Phi) is 6.91. The minimum Gasteiger partial charge on any atom is -0.495 e. The van der Waals surface area contributed by atoms with Crippen LogP contribution in [-0.4, -0.2) is 27.8 Å². The third-order valence-electron chi connectivity index (χ3n) is 3.17. The lowest BCUT2D eigenvalue weighted by Gasteiger charge is -2.11. The molecule has 0 saturated carbocycles. The topological polar surface area (TPSA) is 55.4 Å². The van der Waals surface area contributed by atoms with Crippen LogP contribution in [0.4, 0.5) is 4.39 Å². The second-order valence-corrected chi connectivity index (χ2v) is 8.11. The van der Waals surface area contributed by atoms with Gasteiger partial charge in [-0.15, -0.1) is 0 Å². The van der Waals surface area contributed by atoms with Crippen molar-refractivity contribution in [1.29, 1.82) is 0 Å². The number of nitrogens with one attached hydrogen (secondary N) is 1. The van der Waals surface area contributed by atoms with Crippen LogP contribution in [0.15, 0.2) is 47.4 Å². The SMILES string of the molecule is COc1ccc(Cl)cc1S(=O)(=O)NCCSCc1ccccc1F. The molecule has 0 amide bonds. The molecule has 8 heteroatoms. The molecule has 1 N–H and O–H groups in total. The molecule has 2 aromatic rings. The maximum Gasteiger partial charge on any atom is 0.244 e. The molecule has 0 fully saturated rings. The van der Waals surface area contributed by atoms with Crippen molar-refractivity contribution < 1.29 is 17.5 Å². The van der Waals surface area contributed by atoms with Crippen molar-refractivity contribution in [3.63, 3.8) is 0 Å². The van der Waals surface area contributed by atoms with E-state index in [0.29, 0.717) is 22.1 Å². The highest BCUT2D eigenvalue weighted by atomic mass is 35.5. The van der Waals surface area contributed by atoms with Gasteiger partial charge in [-0.2, -0.15) is 11.8 Å². The summed E-state index contributed by atoms with van der Waals surface area (Å²) < 4.78 is 45.7. The summed E-state index contributed by atoms with van der Waals surface area (Å²) in [5.74, 6) is 0.964. The second-order valence-electron chi connectivity index (χ2n) is 4.84. The number of sulfonamides is 1. The minimum atomic E-state index is -3.73. The predicted molar refractivity (Wildman–Crippen MR) is 95.8 cm³/mol. The van der Waals surface area contributed by atoms with E-state index in [1.165, 1.54) is 37.1 Å². The number of hydrogen-bond donors (Lipinski definition) is 1. The van der Waals surface area contributed by atoms with Crippen LogP contribution in [0.3, 0.4) is 0 Å². The smallest absolute Gasteiger partial charge is 0.244 e. The summed E-state index contributed by atoms with van der Waals surface area (Å²) in [6.07, 6.45) is 0. The van der Waals surface area contributed by atoms with Crippen LogP contribution in [0.25, 0.3) is 0 Å². The summed E-state index contributed by atoms with van der Waals surface area (Å²) in [6.45, 7) is 0.219. The number of ether oxygens (including phenoxy) is 1. The van der Waals surface area contributed by atoms with E-state index in [1.54, 1.807) is 24.3 Å². The van der Waals surface area contributed by atoms with Gasteiger partial charge in [0.05, 0.1) is 7.11 Å². The van der Waals surface area contributed by atoms with Crippen molar-refractivity contribution in [2.24, 2.45) is 0 Å². The normalized spacial score (nSPS) is 11.5. The van der Waals surface area contributed by atoms with Gasteiger partial charge in [0, 0.05) is 23.1 Å². The predicted octanol–water partition coefficient (Wildman–Crippen LogP) is 3.70. The highest BCUT2D eigenvalue weighted by Crippen LogP contribution is 2.26. The number of hydrogen-bond acceptors (Lipinski definition) is 4. The summed E-state index contributed by atoms with van der Waals surface area (Å²) in [7, 11) is -2.33. The van der Waals surface area contributed by atoms with Gasteiger partial charge in [0.1, 0.15) is 16.5 Å². The Morgan fingerprint density at radius 1 is 1.25 bits per heavy atom. The monoisotopic (exact) mass is 389 g/mol. The molecule has 0 atom stereocenters. The zero-order valence-electron chi connectivity index (χ0n) is 13.0. The lowest BCUT2D eigenvalue weighted by molar-refractivity contribution is 0.402. The molecule has 0 aromatic heterocycles. The van der Waals surface area contributed by atoms with E-state index < -0.39 is 10.0 Å². The molecule has 130 valence electrons. The number of benzene rings is 2. The van der Waals surface area contributed by atoms with Crippen molar-refractivity contribution in [1.82, 2.24) is 4.72 Å². The molecule has 0 radical (unpaired) electrons. The van der Waals surface area contributed by atoms with E-state index in [2.05, 4.69) is 4.72 Å². The summed E-state index contributed by atoms with van der Waals surface area (Å²) in [5.41, 5.74) is 0.599. The molecule has 0 bridgehead atoms. The van der Waals surface area contributed by atoms with Gasteiger partial charge in [0.2, 0.25) is 10.0 Å². The maximum absolute atomic E-state index is 13.5. The van der Waals surface area contributed by atoms with Gasteiger partial charge in [-0.1, -0.05) is 29.8 Å². The van der Waals surface area contributed by atoms with Crippen LogP contribution in [0.5, 0.6) is 5.75 Å². The van der Waals surface area contributed by atoms with Gasteiger partial charge in [-0.3, -0.25) is 0 Å². The van der Waals surface area contributed by atoms with Crippen LogP contribution < -0.4 is 9.46 Å². The van der Waals surface area contributed by atoms with Crippen molar-refractivity contribution in [2.45, 2.75) is 10.6 Å². The molecule has 0 aliphatic carbocycles. The number of rotatable bonds is 8. The average molecular weight is 390 g/mol. The van der Waals surface area contributed by atoms with Crippen molar-refractivity contribution in [2.75, 3.05) is 19.4 Å². The van der Waals surface area contributed by atoms with Crippen molar-refractivity contribution >= 4 is 33.4 Å². The first kappa shape index (κ1) is 19.1. The fraction of sp³-hybridized carbons (Fsp3) is 0.250. The molecule has 0 aliphatic rings. The van der Waals surface area contributed by atoms with Crippen LogP contribution in [0, 0.1) is 5.82 Å². The third-order valence-corrected chi connectivity index (χ3v) is 5.89. The van der Waals surface area contributed by atoms with Gasteiger partial charge >= 0.3 is 0 Å². The first-order valence-corrected chi connectivity index (χ1v) is 10.1. The molecule has 0 spiro atoms. The van der Waals surface area contributed by atoms with Gasteiger partial charge in [-0.05, 0) is 29.8 Å². The molecule has 0 aliphatic heterocycles. The van der Waals surface area contributed by atoms with E-state index in [0.717, 1.165) is 0 Å². The summed E-state index contributed by atoms with van der Waals surface area (Å²) >= 11 is 7.30. The zero-order chi connectivity index (χ0) is 17.6. The molecule has 4 nitrogen and oxygen atoms in total. The summed E-state index contributed by atoms with van der Waals surface area (Å²) in [4.78, 5) is -0.00314. The largest absolute Gasteiger partial charge is 0.495 e. The average Bonchev–Trinajstić information content (AvgIpc) is 2.56. The van der Waals surface area contributed by atoms with E-state index in [4.69, 9.17) is 16.3 Å². The molecule has 2 rings (SSSR count). The summed E-state index contributed by atoms with van der Waals surface area (Å²) in [5, 5.41) is 0.310. The van der Waals surface area contributed by atoms with Crippen LogP contribution in [0.2, 0.25) is 5.02 Å². The number of methoxy groups -OCH3 is 1. The molecule has 0 saturated heterocycles. The minimum absolute atomic E-state index is 0.00314. The number of thioether (sulfide) groups is 1. The van der Waals surface area contributed by atoms with E-state index in [9.17, 15) is 12.8 Å². The quantitative estimate of drug-likeness (QED) is 0.699. The molecule has 24 heavy (non-hydrogen) atoms. The van der Waals surface area contributed by atoms with Crippen molar-refractivity contribution in [3.8, 4) is 5.75 Å². The van der Waals surface area contributed by atoms with Crippen LogP contribution in [0.1, 0.15) is 5.56 Å². The standard InChI is InChI=1S/C16H17ClFNO3S2/c1-22-15-7-6-13(17)10-16(15)24(20,21)19-8-9-23-11-12-4-2-3-5-14(12)18/h2-7,10,19H,8-9,11H2,1H3. The first-order valence-electron chi connectivity index (χ1n) is 7.08. The van der Waals surface area contributed by atoms with Crippen molar-refractivity contribution in [3.05, 3.63) is 58.9 Å².